The second-order valence-corrected chi connectivity index (χ2v) is 5.52. The van der Waals surface area contributed by atoms with Crippen molar-refractivity contribution in [2.75, 3.05) is 0 Å². The fourth-order valence-corrected chi connectivity index (χ4v) is 2.72. The van der Waals surface area contributed by atoms with Crippen molar-refractivity contribution in [1.29, 1.82) is 0 Å². The van der Waals surface area contributed by atoms with Gasteiger partial charge in [0.15, 0.2) is 5.78 Å². The molecule has 0 saturated carbocycles. The fourth-order valence-electron chi connectivity index (χ4n) is 1.80. The van der Waals surface area contributed by atoms with E-state index in [-0.39, 0.29) is 11.5 Å². The molecule has 0 spiro atoms. The largest absolute Gasteiger partial charge is 0.435 e. The first-order chi connectivity index (χ1) is 8.97. The number of alkyl halides is 2. The highest BCUT2D eigenvalue weighted by Gasteiger charge is 2.14. The van der Waals surface area contributed by atoms with Gasteiger partial charge in [0.05, 0.1) is 0 Å². The molecule has 0 aliphatic carbocycles. The number of ketones is 1. The number of rotatable bonds is 4. The Morgan fingerprint density at radius 2 is 1.84 bits per heavy atom. The van der Waals surface area contributed by atoms with Gasteiger partial charge in [0, 0.05) is 20.9 Å². The van der Waals surface area contributed by atoms with Crippen LogP contribution in [0.15, 0.2) is 30.3 Å². The van der Waals surface area contributed by atoms with Crippen molar-refractivity contribution in [2.45, 2.75) is 20.5 Å². The summed E-state index contributed by atoms with van der Waals surface area (Å²) in [6.45, 7) is 0.969. The average molecular weight is 282 g/mol. The van der Waals surface area contributed by atoms with Crippen molar-refractivity contribution in [3.63, 3.8) is 0 Å². The molecule has 0 fully saturated rings. The predicted octanol–water partition coefficient (Wildman–Crippen LogP) is 4.20. The summed E-state index contributed by atoms with van der Waals surface area (Å²) < 4.78 is 28.3. The Morgan fingerprint density at radius 3 is 2.32 bits per heavy atom. The zero-order chi connectivity index (χ0) is 14.0. The average Bonchev–Trinajstić information content (AvgIpc) is 2.68. The molecule has 0 amide bonds. The Bertz CT molecular complexity index is 588. The van der Waals surface area contributed by atoms with E-state index in [1.807, 2.05) is 19.9 Å². The van der Waals surface area contributed by atoms with Gasteiger partial charge in [-0.1, -0.05) is 0 Å². The summed E-state index contributed by atoms with van der Waals surface area (Å²) in [5.41, 5.74) is 1.12. The van der Waals surface area contributed by atoms with Crippen molar-refractivity contribution in [3.05, 3.63) is 51.2 Å². The van der Waals surface area contributed by atoms with E-state index in [1.165, 1.54) is 24.3 Å². The molecule has 0 saturated heterocycles. The minimum absolute atomic E-state index is 0.0461. The molecule has 2 nitrogen and oxygen atoms in total. The summed E-state index contributed by atoms with van der Waals surface area (Å²) in [5, 5.41) is 0. The van der Waals surface area contributed by atoms with Crippen molar-refractivity contribution in [1.82, 2.24) is 0 Å². The van der Waals surface area contributed by atoms with Gasteiger partial charge in [0.2, 0.25) is 0 Å². The van der Waals surface area contributed by atoms with Crippen LogP contribution in [0.5, 0.6) is 5.75 Å². The minimum Gasteiger partial charge on any atom is -0.435 e. The van der Waals surface area contributed by atoms with Gasteiger partial charge in [-0.3, -0.25) is 4.79 Å². The van der Waals surface area contributed by atoms with E-state index in [9.17, 15) is 13.6 Å². The van der Waals surface area contributed by atoms with Crippen LogP contribution < -0.4 is 4.74 Å². The Balaban J connectivity index is 2.22. The molecule has 0 N–H and O–H groups in total. The monoisotopic (exact) mass is 282 g/mol. The Hall–Kier alpha value is -1.75. The highest BCUT2D eigenvalue weighted by atomic mass is 32.1. The molecule has 0 atom stereocenters. The van der Waals surface area contributed by atoms with Gasteiger partial charge in [-0.25, -0.2) is 0 Å². The van der Waals surface area contributed by atoms with Gasteiger partial charge in [-0.15, -0.1) is 11.3 Å². The summed E-state index contributed by atoms with van der Waals surface area (Å²) in [7, 11) is 0. The van der Waals surface area contributed by atoms with Gasteiger partial charge in [-0.2, -0.15) is 8.78 Å². The summed E-state index contributed by atoms with van der Waals surface area (Å²) in [6.07, 6.45) is 0. The van der Waals surface area contributed by atoms with Crippen LogP contribution in [0.2, 0.25) is 0 Å². The number of halogens is 2. The van der Waals surface area contributed by atoms with Gasteiger partial charge in [-0.05, 0) is 44.2 Å². The smallest absolute Gasteiger partial charge is 0.387 e. The van der Waals surface area contributed by atoms with E-state index < -0.39 is 6.61 Å². The lowest BCUT2D eigenvalue weighted by Gasteiger charge is -2.05. The van der Waals surface area contributed by atoms with E-state index in [2.05, 4.69) is 4.74 Å². The van der Waals surface area contributed by atoms with E-state index >= 15 is 0 Å². The molecule has 1 heterocycles. The molecular weight excluding hydrogens is 270 g/mol. The number of aryl methyl sites for hydroxylation is 2. The molecular formula is C14H12F2O2S. The lowest BCUT2D eigenvalue weighted by Crippen LogP contribution is -2.04. The van der Waals surface area contributed by atoms with E-state index in [0.29, 0.717) is 11.1 Å². The van der Waals surface area contributed by atoms with Crippen LogP contribution in [0, 0.1) is 13.8 Å². The Morgan fingerprint density at radius 1 is 1.21 bits per heavy atom. The van der Waals surface area contributed by atoms with E-state index in [4.69, 9.17) is 0 Å². The molecule has 0 unspecified atom stereocenters. The lowest BCUT2D eigenvalue weighted by molar-refractivity contribution is -0.0498. The second kappa shape index (κ2) is 5.48. The predicted molar refractivity (Wildman–Crippen MR) is 70.3 cm³/mol. The van der Waals surface area contributed by atoms with Crippen LogP contribution in [-0.2, 0) is 0 Å². The third-order valence-electron chi connectivity index (χ3n) is 2.63. The first kappa shape index (κ1) is 13.7. The number of thiophene rings is 1. The number of benzene rings is 1. The molecule has 0 aliphatic heterocycles. The lowest BCUT2D eigenvalue weighted by atomic mass is 10.0. The van der Waals surface area contributed by atoms with E-state index in [0.717, 1.165) is 9.75 Å². The third-order valence-corrected chi connectivity index (χ3v) is 3.59. The topological polar surface area (TPSA) is 26.3 Å². The molecule has 1 aromatic heterocycles. The number of hydrogen-bond donors (Lipinski definition) is 0. The van der Waals surface area contributed by atoms with Crippen LogP contribution in [-0.4, -0.2) is 12.4 Å². The zero-order valence-corrected chi connectivity index (χ0v) is 11.3. The first-order valence-electron chi connectivity index (χ1n) is 5.64. The van der Waals surface area contributed by atoms with Crippen LogP contribution in [0.3, 0.4) is 0 Å². The number of carbonyl (C=O) groups excluding carboxylic acids is 1. The van der Waals surface area contributed by atoms with Gasteiger partial charge in [0.1, 0.15) is 5.75 Å². The maximum Gasteiger partial charge on any atom is 0.387 e. The maximum atomic E-state index is 12.2. The maximum absolute atomic E-state index is 12.2. The molecule has 5 heteroatoms. The number of hydrogen-bond acceptors (Lipinski definition) is 3. The van der Waals surface area contributed by atoms with Crippen molar-refractivity contribution in [2.24, 2.45) is 0 Å². The van der Waals surface area contributed by atoms with Crippen LogP contribution in [0.1, 0.15) is 25.7 Å². The Labute approximate surface area is 113 Å². The molecule has 2 rings (SSSR count). The molecule has 1 aromatic carbocycles. The van der Waals surface area contributed by atoms with Crippen molar-refractivity contribution >= 4 is 17.1 Å². The highest BCUT2D eigenvalue weighted by Crippen LogP contribution is 2.24. The van der Waals surface area contributed by atoms with Crippen LogP contribution in [0.4, 0.5) is 8.78 Å². The molecule has 19 heavy (non-hydrogen) atoms. The van der Waals surface area contributed by atoms with Crippen LogP contribution >= 0.6 is 11.3 Å². The first-order valence-corrected chi connectivity index (χ1v) is 6.45. The number of carbonyl (C=O) groups is 1. The van der Waals surface area contributed by atoms with Crippen LogP contribution in [0.25, 0.3) is 0 Å². The fraction of sp³-hybridized carbons (Fsp3) is 0.214. The normalized spacial score (nSPS) is 10.8. The minimum atomic E-state index is -2.86. The second-order valence-electron chi connectivity index (χ2n) is 4.06. The standard InChI is InChI=1S/C14H12F2O2S/c1-8-7-12(9(2)19-8)13(17)10-3-5-11(6-4-10)18-14(15)16/h3-7,14H,1-2H3. The molecule has 100 valence electrons. The molecule has 0 radical (unpaired) electrons. The van der Waals surface area contributed by atoms with Crippen molar-refractivity contribution in [3.8, 4) is 5.75 Å². The summed E-state index contributed by atoms with van der Waals surface area (Å²) in [4.78, 5) is 14.3. The quantitative estimate of drug-likeness (QED) is 0.786. The molecule has 0 bridgehead atoms. The summed E-state index contributed by atoms with van der Waals surface area (Å²) in [5.74, 6) is -0.0600. The SMILES string of the molecule is Cc1cc(C(=O)c2ccc(OC(F)F)cc2)c(C)s1. The molecule has 2 aromatic rings. The summed E-state index contributed by atoms with van der Waals surface area (Å²) >= 11 is 1.56. The molecule has 0 aliphatic rings. The third kappa shape index (κ3) is 3.17. The van der Waals surface area contributed by atoms with Gasteiger partial charge < -0.3 is 4.74 Å². The Kier molecular flexibility index (Phi) is 3.95. The zero-order valence-electron chi connectivity index (χ0n) is 10.4. The number of ether oxygens (including phenoxy) is 1. The highest BCUT2D eigenvalue weighted by molar-refractivity contribution is 7.12. The van der Waals surface area contributed by atoms with Gasteiger partial charge in [0.25, 0.3) is 0 Å². The van der Waals surface area contributed by atoms with E-state index in [1.54, 1.807) is 11.3 Å². The van der Waals surface area contributed by atoms with Crippen molar-refractivity contribution < 1.29 is 18.3 Å². The van der Waals surface area contributed by atoms with Gasteiger partial charge >= 0.3 is 6.61 Å². The summed E-state index contributed by atoms with van der Waals surface area (Å²) in [6, 6.07) is 7.56.